The Hall–Kier alpha value is -1.01. The molecule has 0 aliphatic carbocycles. The quantitative estimate of drug-likeness (QED) is 0.545. The summed E-state index contributed by atoms with van der Waals surface area (Å²) in [6, 6.07) is -1.33. The highest BCUT2D eigenvalue weighted by molar-refractivity contribution is 5.85. The molecular weight excluding hydrogens is 200 g/mol. The first-order valence-electron chi connectivity index (χ1n) is 3.50. The zero-order valence-electron chi connectivity index (χ0n) is 6.71. The number of carboxylic acid groups (broad SMARTS) is 2. The highest BCUT2D eigenvalue weighted by Crippen LogP contribution is 2.16. The smallest absolute Gasteiger partial charge is 0.408 e. The molecule has 1 amide bonds. The average Bonchev–Trinajstić information content (AvgIpc) is 2.31. The van der Waals surface area contributed by atoms with E-state index in [1.54, 1.807) is 0 Å². The minimum Gasteiger partial charge on any atom is -0.480 e. The SMILES string of the molecule is Cl.N[C@@H]1C[C@H](C(=O)O)N(C(=O)O)C1. The Kier molecular flexibility index (Phi) is 3.96. The third-order valence-corrected chi connectivity index (χ3v) is 1.86. The summed E-state index contributed by atoms with van der Waals surface area (Å²) in [6.45, 7) is 0.103. The van der Waals surface area contributed by atoms with E-state index in [-0.39, 0.29) is 31.4 Å². The van der Waals surface area contributed by atoms with Crippen molar-refractivity contribution in [2.75, 3.05) is 6.54 Å². The number of rotatable bonds is 1. The van der Waals surface area contributed by atoms with Crippen molar-refractivity contribution in [2.45, 2.75) is 18.5 Å². The summed E-state index contributed by atoms with van der Waals surface area (Å²) in [6.07, 6.45) is -1.03. The van der Waals surface area contributed by atoms with Crippen LogP contribution in [-0.2, 0) is 4.79 Å². The van der Waals surface area contributed by atoms with E-state index in [4.69, 9.17) is 15.9 Å². The summed E-state index contributed by atoms with van der Waals surface area (Å²) in [4.78, 5) is 21.8. The number of aliphatic carboxylic acids is 1. The van der Waals surface area contributed by atoms with Crippen LogP contribution < -0.4 is 5.73 Å². The molecule has 76 valence electrons. The first kappa shape index (κ1) is 12.0. The highest BCUT2D eigenvalue weighted by Gasteiger charge is 2.38. The summed E-state index contributed by atoms with van der Waals surface area (Å²) in [5.41, 5.74) is 5.42. The van der Waals surface area contributed by atoms with Gasteiger partial charge in [0.2, 0.25) is 0 Å². The fraction of sp³-hybridized carbons (Fsp3) is 0.667. The minimum atomic E-state index is -1.23. The molecule has 1 fully saturated rings. The summed E-state index contributed by atoms with van der Waals surface area (Å²) < 4.78 is 0. The maximum absolute atomic E-state index is 10.5. The Balaban J connectivity index is 0.00000144. The van der Waals surface area contributed by atoms with Crippen molar-refractivity contribution < 1.29 is 19.8 Å². The van der Waals surface area contributed by atoms with Crippen LogP contribution in [0.5, 0.6) is 0 Å². The number of carboxylic acids is 1. The number of nitrogens with zero attached hydrogens (tertiary/aromatic N) is 1. The molecule has 6 nitrogen and oxygen atoms in total. The fourth-order valence-corrected chi connectivity index (χ4v) is 1.31. The van der Waals surface area contributed by atoms with Crippen LogP contribution in [0.4, 0.5) is 4.79 Å². The third kappa shape index (κ3) is 2.46. The number of likely N-dealkylation sites (tertiary alicyclic amines) is 1. The first-order valence-corrected chi connectivity index (χ1v) is 3.50. The summed E-state index contributed by atoms with van der Waals surface area (Å²) in [7, 11) is 0. The molecule has 1 saturated heterocycles. The Morgan fingerprint density at radius 1 is 1.38 bits per heavy atom. The van der Waals surface area contributed by atoms with Gasteiger partial charge in [0.25, 0.3) is 0 Å². The van der Waals surface area contributed by atoms with Crippen molar-refractivity contribution in [2.24, 2.45) is 5.73 Å². The second-order valence-electron chi connectivity index (χ2n) is 2.78. The van der Waals surface area contributed by atoms with Crippen molar-refractivity contribution in [3.63, 3.8) is 0 Å². The molecule has 1 aliphatic rings. The molecule has 4 N–H and O–H groups in total. The van der Waals surface area contributed by atoms with E-state index in [1.165, 1.54) is 0 Å². The van der Waals surface area contributed by atoms with Gasteiger partial charge in [-0.15, -0.1) is 12.4 Å². The Morgan fingerprint density at radius 3 is 2.23 bits per heavy atom. The molecule has 2 atom stereocenters. The lowest BCUT2D eigenvalue weighted by molar-refractivity contribution is -0.141. The van der Waals surface area contributed by atoms with Gasteiger partial charge in [0.05, 0.1) is 0 Å². The molecule has 1 heterocycles. The largest absolute Gasteiger partial charge is 0.480 e. The molecular formula is C6H11ClN2O4. The average molecular weight is 211 g/mol. The van der Waals surface area contributed by atoms with Gasteiger partial charge in [0.15, 0.2) is 0 Å². The summed E-state index contributed by atoms with van der Waals surface area (Å²) >= 11 is 0. The molecule has 0 bridgehead atoms. The van der Waals surface area contributed by atoms with Gasteiger partial charge in [0, 0.05) is 12.6 Å². The van der Waals surface area contributed by atoms with E-state index in [2.05, 4.69) is 0 Å². The van der Waals surface area contributed by atoms with Gasteiger partial charge in [-0.2, -0.15) is 0 Å². The van der Waals surface area contributed by atoms with Crippen LogP contribution >= 0.6 is 12.4 Å². The normalized spacial score (nSPS) is 26.7. The van der Waals surface area contributed by atoms with Gasteiger partial charge in [-0.1, -0.05) is 0 Å². The number of hydrogen-bond acceptors (Lipinski definition) is 3. The van der Waals surface area contributed by atoms with Crippen molar-refractivity contribution in [1.29, 1.82) is 0 Å². The van der Waals surface area contributed by atoms with Gasteiger partial charge in [-0.05, 0) is 6.42 Å². The van der Waals surface area contributed by atoms with Crippen LogP contribution in [0.3, 0.4) is 0 Å². The van der Waals surface area contributed by atoms with E-state index in [9.17, 15) is 9.59 Å². The van der Waals surface area contributed by atoms with Crippen LogP contribution in [0.2, 0.25) is 0 Å². The van der Waals surface area contributed by atoms with Crippen LogP contribution in [-0.4, -0.2) is 45.8 Å². The van der Waals surface area contributed by atoms with Gasteiger partial charge in [-0.3, -0.25) is 4.90 Å². The lowest BCUT2D eigenvalue weighted by Crippen LogP contribution is -2.39. The minimum absolute atomic E-state index is 0. The van der Waals surface area contributed by atoms with Crippen molar-refractivity contribution in [3.8, 4) is 0 Å². The Morgan fingerprint density at radius 2 is 1.92 bits per heavy atom. The topological polar surface area (TPSA) is 104 Å². The molecule has 13 heavy (non-hydrogen) atoms. The van der Waals surface area contributed by atoms with Crippen molar-refractivity contribution in [1.82, 2.24) is 4.90 Å². The second-order valence-corrected chi connectivity index (χ2v) is 2.78. The Bertz CT molecular complexity index is 201. The zero-order valence-corrected chi connectivity index (χ0v) is 7.53. The van der Waals surface area contributed by atoms with E-state index >= 15 is 0 Å². The predicted molar refractivity (Wildman–Crippen MR) is 46.0 cm³/mol. The lowest BCUT2D eigenvalue weighted by Gasteiger charge is -2.16. The number of halogens is 1. The van der Waals surface area contributed by atoms with Crippen LogP contribution in [0.25, 0.3) is 0 Å². The standard InChI is InChI=1S/C6H10N2O4.ClH/c7-3-1-4(5(9)10)8(2-3)6(11)12;/h3-4H,1-2,7H2,(H,9,10)(H,11,12);1H/t3-,4-;/m1./s1. The van der Waals surface area contributed by atoms with Crippen molar-refractivity contribution in [3.05, 3.63) is 0 Å². The molecule has 0 unspecified atom stereocenters. The summed E-state index contributed by atoms with van der Waals surface area (Å²) in [5, 5.41) is 17.1. The van der Waals surface area contributed by atoms with Crippen LogP contribution in [0, 0.1) is 0 Å². The molecule has 0 aromatic rings. The van der Waals surface area contributed by atoms with E-state index in [0.717, 1.165) is 4.90 Å². The third-order valence-electron chi connectivity index (χ3n) is 1.86. The van der Waals surface area contributed by atoms with Crippen LogP contribution in [0.1, 0.15) is 6.42 Å². The lowest BCUT2D eigenvalue weighted by atomic mass is 10.2. The van der Waals surface area contributed by atoms with E-state index < -0.39 is 18.1 Å². The first-order chi connectivity index (χ1) is 5.52. The molecule has 0 aromatic heterocycles. The second kappa shape index (κ2) is 4.29. The molecule has 0 radical (unpaired) electrons. The molecule has 1 rings (SSSR count). The van der Waals surface area contributed by atoms with Crippen molar-refractivity contribution >= 4 is 24.5 Å². The van der Waals surface area contributed by atoms with Gasteiger partial charge < -0.3 is 15.9 Å². The maximum Gasteiger partial charge on any atom is 0.408 e. The predicted octanol–water partition coefficient (Wildman–Crippen LogP) is -0.428. The van der Waals surface area contributed by atoms with Gasteiger partial charge in [-0.25, -0.2) is 9.59 Å². The number of carbonyl (C=O) groups is 2. The molecule has 0 saturated carbocycles. The number of amides is 1. The van der Waals surface area contributed by atoms with E-state index in [1.807, 2.05) is 0 Å². The number of hydrogen-bond donors (Lipinski definition) is 3. The molecule has 0 aromatic carbocycles. The van der Waals surface area contributed by atoms with E-state index in [0.29, 0.717) is 0 Å². The molecule has 1 aliphatic heterocycles. The van der Waals surface area contributed by atoms with Gasteiger partial charge >= 0.3 is 12.1 Å². The van der Waals surface area contributed by atoms with Crippen LogP contribution in [0.15, 0.2) is 0 Å². The summed E-state index contributed by atoms with van der Waals surface area (Å²) in [5.74, 6) is -1.13. The molecule has 0 spiro atoms. The zero-order chi connectivity index (χ0) is 9.30. The highest BCUT2D eigenvalue weighted by atomic mass is 35.5. The monoisotopic (exact) mass is 210 g/mol. The Labute approximate surface area is 80.7 Å². The maximum atomic E-state index is 10.5. The molecule has 7 heteroatoms. The van der Waals surface area contributed by atoms with Gasteiger partial charge in [0.1, 0.15) is 6.04 Å². The number of nitrogens with two attached hydrogens (primary N) is 1. The fourth-order valence-electron chi connectivity index (χ4n) is 1.31.